The van der Waals surface area contributed by atoms with Gasteiger partial charge in [-0.2, -0.15) is 0 Å². The minimum absolute atomic E-state index is 0.00645. The van der Waals surface area contributed by atoms with Crippen LogP contribution in [-0.2, 0) is 27.5 Å². The van der Waals surface area contributed by atoms with Gasteiger partial charge in [-0.3, -0.25) is 9.59 Å². The number of nitrogens with zero attached hydrogens (tertiary/aromatic N) is 1. The van der Waals surface area contributed by atoms with Crippen molar-refractivity contribution in [3.05, 3.63) is 67.1 Å². The van der Waals surface area contributed by atoms with Gasteiger partial charge in [-0.05, 0) is 36.1 Å². The molecule has 0 spiro atoms. The Hall–Kier alpha value is -3.28. The fraction of sp³-hybridized carbons (Fsp3) is 0.348. The van der Waals surface area contributed by atoms with Crippen molar-refractivity contribution in [1.82, 2.24) is 9.88 Å². The Morgan fingerprint density at radius 3 is 2.77 bits per heavy atom. The first-order valence-electron chi connectivity index (χ1n) is 10.9. The summed E-state index contributed by atoms with van der Waals surface area (Å²) < 4.78 is 35.8. The molecule has 1 aliphatic carbocycles. The lowest BCUT2D eigenvalue weighted by molar-refractivity contribution is -0.157. The Morgan fingerprint density at radius 1 is 1.31 bits per heavy atom. The fourth-order valence-electron chi connectivity index (χ4n) is 4.94. The van der Waals surface area contributed by atoms with Crippen LogP contribution in [0.4, 0.5) is 14.5 Å². The molecule has 0 saturated heterocycles. The van der Waals surface area contributed by atoms with Gasteiger partial charge in [0, 0.05) is 35.6 Å². The van der Waals surface area contributed by atoms with Gasteiger partial charge in [-0.25, -0.2) is 13.6 Å². The number of pyridine rings is 1. The first-order chi connectivity index (χ1) is 16.6. The quantitative estimate of drug-likeness (QED) is 0.367. The van der Waals surface area contributed by atoms with Gasteiger partial charge in [0.25, 0.3) is 11.5 Å². The van der Waals surface area contributed by atoms with Gasteiger partial charge in [-0.15, -0.1) is 0 Å². The number of benzene rings is 1. The SMILES string of the molecule is O=C1OCc2c(cc3n(c2=O)CC2=C(CNC(=O)C4(O)CC4)c4c(cc(F)c(Cl)c4F)NC23)C1O. The zero-order valence-corrected chi connectivity index (χ0v) is 18.7. The van der Waals surface area contributed by atoms with E-state index in [1.165, 1.54) is 10.6 Å². The zero-order chi connectivity index (χ0) is 24.8. The second-order valence-corrected chi connectivity index (χ2v) is 9.49. The molecule has 0 radical (unpaired) electrons. The molecule has 1 aromatic carbocycles. The summed E-state index contributed by atoms with van der Waals surface area (Å²) in [6.45, 7) is -0.488. The smallest absolute Gasteiger partial charge is 0.340 e. The van der Waals surface area contributed by atoms with Gasteiger partial charge < -0.3 is 30.2 Å². The van der Waals surface area contributed by atoms with E-state index < -0.39 is 51.8 Å². The molecule has 182 valence electrons. The molecule has 12 heteroatoms. The molecule has 4 N–H and O–H groups in total. The van der Waals surface area contributed by atoms with Crippen LogP contribution in [0.5, 0.6) is 0 Å². The zero-order valence-electron chi connectivity index (χ0n) is 18.0. The van der Waals surface area contributed by atoms with E-state index in [0.717, 1.165) is 6.07 Å². The number of aliphatic hydroxyl groups excluding tert-OH is 1. The molecule has 2 unspecified atom stereocenters. The standard InChI is InChI=1S/C23H18ClF2N3O6/c24-16-12(25)4-13-15(17(16)26)9(5-27-22(33)23(34)1-2-23)10-6-29-14(18(10)28-13)3-8-11(20(29)31)7-35-21(32)19(8)30/h3-4,18-19,28,30,34H,1-2,5-7H2,(H,27,33). The molecule has 0 bridgehead atoms. The molecule has 2 atom stereocenters. The molecule has 3 aliphatic heterocycles. The lowest BCUT2D eigenvalue weighted by Gasteiger charge is -2.29. The number of esters is 1. The number of carbonyl (C=O) groups excluding carboxylic acids is 2. The Labute approximate surface area is 201 Å². The topological polar surface area (TPSA) is 130 Å². The van der Waals surface area contributed by atoms with Gasteiger partial charge in [0.15, 0.2) is 11.9 Å². The van der Waals surface area contributed by atoms with E-state index in [0.29, 0.717) is 24.1 Å². The van der Waals surface area contributed by atoms with Gasteiger partial charge in [-0.1, -0.05) is 11.6 Å². The average molecular weight is 506 g/mol. The third-order valence-electron chi connectivity index (χ3n) is 7.04. The lowest BCUT2D eigenvalue weighted by Crippen LogP contribution is -2.38. The van der Waals surface area contributed by atoms with Crippen LogP contribution in [0.25, 0.3) is 5.57 Å². The predicted octanol–water partition coefficient (Wildman–Crippen LogP) is 1.45. The monoisotopic (exact) mass is 505 g/mol. The fourth-order valence-corrected chi connectivity index (χ4v) is 5.09. The average Bonchev–Trinajstić information content (AvgIpc) is 3.48. The van der Waals surface area contributed by atoms with Gasteiger partial charge in [0.1, 0.15) is 23.0 Å². The molecular formula is C23H18ClF2N3O6. The number of halogens is 3. The number of aromatic nitrogens is 1. The molecular weight excluding hydrogens is 488 g/mol. The number of hydrogen-bond donors (Lipinski definition) is 4. The Kier molecular flexibility index (Phi) is 4.67. The number of ether oxygens (including phenoxy) is 1. The van der Waals surface area contributed by atoms with E-state index >= 15 is 4.39 Å². The molecule has 2 aromatic rings. The van der Waals surface area contributed by atoms with Crippen molar-refractivity contribution >= 4 is 34.7 Å². The van der Waals surface area contributed by atoms with Crippen molar-refractivity contribution in [1.29, 1.82) is 0 Å². The minimum Gasteiger partial charge on any atom is -0.458 e. The summed E-state index contributed by atoms with van der Waals surface area (Å²) in [5.41, 5.74) is -0.509. The Bertz CT molecular complexity index is 1450. The van der Waals surface area contributed by atoms with Crippen LogP contribution in [-0.4, -0.2) is 38.8 Å². The maximum Gasteiger partial charge on any atom is 0.340 e. The highest BCUT2D eigenvalue weighted by molar-refractivity contribution is 6.31. The van der Waals surface area contributed by atoms with Crippen molar-refractivity contribution in [2.75, 3.05) is 11.9 Å². The summed E-state index contributed by atoms with van der Waals surface area (Å²) in [5, 5.41) is 25.3. The van der Waals surface area contributed by atoms with E-state index in [1.807, 2.05) is 0 Å². The van der Waals surface area contributed by atoms with E-state index in [2.05, 4.69) is 10.6 Å². The first-order valence-corrected chi connectivity index (χ1v) is 11.3. The van der Waals surface area contributed by atoms with Crippen molar-refractivity contribution < 1.29 is 33.3 Å². The van der Waals surface area contributed by atoms with Crippen molar-refractivity contribution in [2.24, 2.45) is 0 Å². The summed E-state index contributed by atoms with van der Waals surface area (Å²) in [4.78, 5) is 37.4. The Morgan fingerprint density at radius 2 is 2.06 bits per heavy atom. The number of anilines is 1. The molecule has 35 heavy (non-hydrogen) atoms. The van der Waals surface area contributed by atoms with E-state index in [-0.39, 0.29) is 47.6 Å². The molecule has 1 fully saturated rings. The summed E-state index contributed by atoms with van der Waals surface area (Å²) >= 11 is 5.84. The van der Waals surface area contributed by atoms with Crippen LogP contribution in [0.2, 0.25) is 5.02 Å². The maximum absolute atomic E-state index is 15.2. The second kappa shape index (κ2) is 7.36. The number of nitrogens with one attached hydrogen (secondary N) is 2. The van der Waals surface area contributed by atoms with E-state index in [9.17, 15) is 29.0 Å². The number of cyclic esters (lactones) is 1. The number of amides is 1. The number of rotatable bonds is 3. The van der Waals surface area contributed by atoms with Gasteiger partial charge in [0.05, 0.1) is 11.6 Å². The molecule has 1 saturated carbocycles. The van der Waals surface area contributed by atoms with Crippen LogP contribution in [0.15, 0.2) is 22.5 Å². The Balaban J connectivity index is 1.51. The van der Waals surface area contributed by atoms with Gasteiger partial charge in [0.2, 0.25) is 0 Å². The third kappa shape index (κ3) is 3.15. The highest BCUT2D eigenvalue weighted by Crippen LogP contribution is 2.47. The summed E-state index contributed by atoms with van der Waals surface area (Å²) in [6.07, 6.45) is -1.01. The molecule has 1 amide bonds. The molecule has 4 aliphatic rings. The van der Waals surface area contributed by atoms with Crippen molar-refractivity contribution in [2.45, 2.75) is 43.7 Å². The number of hydrogen-bond acceptors (Lipinski definition) is 7. The molecule has 1 aromatic heterocycles. The number of carbonyl (C=O) groups is 2. The summed E-state index contributed by atoms with van der Waals surface area (Å²) in [6, 6.07) is 1.80. The number of aliphatic hydroxyl groups is 2. The number of fused-ring (bicyclic) bond motifs is 5. The molecule has 9 nitrogen and oxygen atoms in total. The van der Waals surface area contributed by atoms with E-state index in [4.69, 9.17) is 16.3 Å². The van der Waals surface area contributed by atoms with Crippen LogP contribution in [0.1, 0.15) is 47.4 Å². The minimum atomic E-state index is -1.63. The molecule has 4 heterocycles. The summed E-state index contributed by atoms with van der Waals surface area (Å²) in [7, 11) is 0. The largest absolute Gasteiger partial charge is 0.458 e. The van der Waals surface area contributed by atoms with Crippen molar-refractivity contribution in [3.8, 4) is 0 Å². The van der Waals surface area contributed by atoms with Crippen LogP contribution in [0.3, 0.4) is 0 Å². The third-order valence-corrected chi connectivity index (χ3v) is 7.39. The molecule has 6 rings (SSSR count). The summed E-state index contributed by atoms with van der Waals surface area (Å²) in [5.74, 6) is -3.50. The van der Waals surface area contributed by atoms with Crippen LogP contribution >= 0.6 is 11.6 Å². The van der Waals surface area contributed by atoms with Crippen LogP contribution in [0, 0.1) is 11.6 Å². The normalized spacial score (nSPS) is 22.9. The van der Waals surface area contributed by atoms with Crippen LogP contribution < -0.4 is 16.2 Å². The highest BCUT2D eigenvalue weighted by atomic mass is 35.5. The second-order valence-electron chi connectivity index (χ2n) is 9.11. The predicted molar refractivity (Wildman–Crippen MR) is 117 cm³/mol. The van der Waals surface area contributed by atoms with Crippen molar-refractivity contribution in [3.63, 3.8) is 0 Å². The van der Waals surface area contributed by atoms with E-state index in [1.54, 1.807) is 0 Å². The lowest BCUT2D eigenvalue weighted by atomic mass is 9.88. The first kappa shape index (κ1) is 22.2. The highest BCUT2D eigenvalue weighted by Gasteiger charge is 2.48. The maximum atomic E-state index is 15.2. The van der Waals surface area contributed by atoms with Gasteiger partial charge >= 0.3 is 5.97 Å².